The van der Waals surface area contributed by atoms with E-state index in [0.717, 1.165) is 25.1 Å². The number of carbonyl (C=O) groups excluding carboxylic acids is 1. The summed E-state index contributed by atoms with van der Waals surface area (Å²) in [6.07, 6.45) is 2.19. The second-order valence-electron chi connectivity index (χ2n) is 4.45. The minimum Gasteiger partial charge on any atom is -0.399 e. The number of amides is 1. The van der Waals surface area contributed by atoms with Gasteiger partial charge >= 0.3 is 0 Å². The van der Waals surface area contributed by atoms with Crippen LogP contribution in [0.25, 0.3) is 0 Å². The molecule has 0 saturated carbocycles. The smallest absolute Gasteiger partial charge is 0.250 e. The lowest BCUT2D eigenvalue weighted by Crippen LogP contribution is -2.29. The van der Waals surface area contributed by atoms with E-state index in [9.17, 15) is 4.79 Å². The second-order valence-corrected chi connectivity index (χ2v) is 4.85. The molecule has 0 radical (unpaired) electrons. The molecule has 2 rings (SSSR count). The van der Waals surface area contributed by atoms with Crippen molar-refractivity contribution >= 4 is 28.9 Å². The van der Waals surface area contributed by atoms with Gasteiger partial charge in [0.2, 0.25) is 0 Å². The second kappa shape index (κ2) is 4.45. The fraction of sp³-hybridized carbons (Fsp3) is 0.417. The van der Waals surface area contributed by atoms with Crippen molar-refractivity contribution in [2.45, 2.75) is 25.8 Å². The van der Waals surface area contributed by atoms with Gasteiger partial charge in [-0.25, -0.2) is 0 Å². The van der Waals surface area contributed by atoms with Crippen molar-refractivity contribution in [3.05, 3.63) is 22.7 Å². The van der Waals surface area contributed by atoms with Gasteiger partial charge in [0.1, 0.15) is 0 Å². The maximum Gasteiger partial charge on any atom is 0.250 e. The van der Waals surface area contributed by atoms with Crippen LogP contribution in [0.4, 0.5) is 11.4 Å². The molecule has 0 aromatic heterocycles. The zero-order valence-electron chi connectivity index (χ0n) is 9.74. The molecule has 5 heteroatoms. The van der Waals surface area contributed by atoms with Crippen LogP contribution in [0.5, 0.6) is 0 Å². The van der Waals surface area contributed by atoms with E-state index in [-0.39, 0.29) is 0 Å². The highest BCUT2D eigenvalue weighted by atomic mass is 35.5. The van der Waals surface area contributed by atoms with E-state index in [4.69, 9.17) is 23.1 Å². The summed E-state index contributed by atoms with van der Waals surface area (Å²) in [6.45, 7) is 3.01. The molecule has 4 N–H and O–H groups in total. The Balaban J connectivity index is 2.54. The standard InChI is InChI=1S/C12H16ClN3O/c1-7-3-2-4-16(7)11-9(12(15)17)5-8(14)6-10(11)13/h5-7H,2-4,14H2,1H3,(H2,15,17). The van der Waals surface area contributed by atoms with Crippen molar-refractivity contribution < 1.29 is 4.79 Å². The Labute approximate surface area is 106 Å². The van der Waals surface area contributed by atoms with Crippen LogP contribution in [-0.4, -0.2) is 18.5 Å². The van der Waals surface area contributed by atoms with Crippen molar-refractivity contribution in [3.63, 3.8) is 0 Å². The summed E-state index contributed by atoms with van der Waals surface area (Å²) < 4.78 is 0. The van der Waals surface area contributed by atoms with Crippen molar-refractivity contribution in [2.24, 2.45) is 5.73 Å². The highest BCUT2D eigenvalue weighted by Gasteiger charge is 2.26. The van der Waals surface area contributed by atoms with Gasteiger partial charge in [-0.3, -0.25) is 4.79 Å². The lowest BCUT2D eigenvalue weighted by molar-refractivity contribution is 0.100. The van der Waals surface area contributed by atoms with Crippen LogP contribution in [0.3, 0.4) is 0 Å². The van der Waals surface area contributed by atoms with Crippen LogP contribution in [0, 0.1) is 0 Å². The normalized spacial score (nSPS) is 19.6. The van der Waals surface area contributed by atoms with Gasteiger partial charge in [-0.1, -0.05) is 11.6 Å². The van der Waals surface area contributed by atoms with Crippen LogP contribution in [0.15, 0.2) is 12.1 Å². The molecular weight excluding hydrogens is 238 g/mol. The molecule has 1 saturated heterocycles. The van der Waals surface area contributed by atoms with Gasteiger partial charge in [0, 0.05) is 18.3 Å². The van der Waals surface area contributed by atoms with Gasteiger partial charge in [0.15, 0.2) is 0 Å². The fourth-order valence-electron chi connectivity index (χ4n) is 2.37. The van der Waals surface area contributed by atoms with Gasteiger partial charge in [0.25, 0.3) is 5.91 Å². The van der Waals surface area contributed by atoms with E-state index in [0.29, 0.717) is 22.3 Å². The maximum absolute atomic E-state index is 11.5. The van der Waals surface area contributed by atoms with E-state index < -0.39 is 5.91 Å². The van der Waals surface area contributed by atoms with Gasteiger partial charge in [-0.15, -0.1) is 0 Å². The molecule has 1 aliphatic rings. The van der Waals surface area contributed by atoms with Gasteiger partial charge in [-0.05, 0) is 31.9 Å². The number of hydrogen-bond donors (Lipinski definition) is 2. The van der Waals surface area contributed by atoms with E-state index >= 15 is 0 Å². The lowest BCUT2D eigenvalue weighted by atomic mass is 10.1. The van der Waals surface area contributed by atoms with Crippen molar-refractivity contribution in [1.29, 1.82) is 0 Å². The minimum atomic E-state index is -0.492. The SMILES string of the molecule is CC1CCCN1c1c(Cl)cc(N)cc1C(N)=O. The molecule has 1 amide bonds. The number of nitrogens with two attached hydrogens (primary N) is 2. The maximum atomic E-state index is 11.5. The highest BCUT2D eigenvalue weighted by Crippen LogP contribution is 2.36. The first-order chi connectivity index (χ1) is 8.00. The number of benzene rings is 1. The Morgan fingerprint density at radius 3 is 2.76 bits per heavy atom. The number of rotatable bonds is 2. The Bertz CT molecular complexity index is 461. The summed E-state index contributed by atoms with van der Waals surface area (Å²) in [5.74, 6) is -0.492. The zero-order valence-corrected chi connectivity index (χ0v) is 10.5. The molecule has 4 nitrogen and oxygen atoms in total. The summed E-state index contributed by atoms with van der Waals surface area (Å²) >= 11 is 6.19. The predicted molar refractivity (Wildman–Crippen MR) is 70.4 cm³/mol. The minimum absolute atomic E-state index is 0.370. The van der Waals surface area contributed by atoms with Gasteiger partial charge in [-0.2, -0.15) is 0 Å². The largest absolute Gasteiger partial charge is 0.399 e. The summed E-state index contributed by atoms with van der Waals surface area (Å²) in [4.78, 5) is 13.6. The first-order valence-corrected chi connectivity index (χ1v) is 6.04. The molecule has 1 aromatic carbocycles. The summed E-state index contributed by atoms with van der Waals surface area (Å²) in [5.41, 5.74) is 12.7. The van der Waals surface area contributed by atoms with Crippen LogP contribution >= 0.6 is 11.6 Å². The number of hydrogen-bond acceptors (Lipinski definition) is 3. The molecular formula is C12H16ClN3O. The molecule has 1 atom stereocenters. The van der Waals surface area contributed by atoms with Crippen molar-refractivity contribution in [3.8, 4) is 0 Å². The van der Waals surface area contributed by atoms with E-state index in [1.54, 1.807) is 12.1 Å². The number of anilines is 2. The molecule has 1 heterocycles. The highest BCUT2D eigenvalue weighted by molar-refractivity contribution is 6.34. The summed E-state index contributed by atoms with van der Waals surface area (Å²) in [7, 11) is 0. The van der Waals surface area contributed by atoms with Crippen LogP contribution < -0.4 is 16.4 Å². The molecule has 1 aromatic rings. The molecule has 0 aliphatic carbocycles. The predicted octanol–water partition coefficient (Wildman–Crippen LogP) is 2.01. The van der Waals surface area contributed by atoms with Gasteiger partial charge in [0.05, 0.1) is 16.3 Å². The molecule has 92 valence electrons. The average Bonchev–Trinajstić information content (AvgIpc) is 2.63. The molecule has 17 heavy (non-hydrogen) atoms. The third kappa shape index (κ3) is 2.17. The Kier molecular flexibility index (Phi) is 3.15. The summed E-state index contributed by atoms with van der Waals surface area (Å²) in [5, 5.41) is 0.493. The van der Waals surface area contributed by atoms with Crippen LogP contribution in [0.1, 0.15) is 30.1 Å². The molecule has 0 bridgehead atoms. The first-order valence-electron chi connectivity index (χ1n) is 5.66. The number of carbonyl (C=O) groups is 1. The molecule has 1 fully saturated rings. The third-order valence-electron chi connectivity index (χ3n) is 3.19. The Morgan fingerprint density at radius 2 is 2.24 bits per heavy atom. The van der Waals surface area contributed by atoms with Crippen molar-refractivity contribution in [2.75, 3.05) is 17.2 Å². The Morgan fingerprint density at radius 1 is 1.53 bits per heavy atom. The van der Waals surface area contributed by atoms with Crippen LogP contribution in [-0.2, 0) is 0 Å². The number of halogens is 1. The quantitative estimate of drug-likeness (QED) is 0.792. The monoisotopic (exact) mass is 253 g/mol. The van der Waals surface area contributed by atoms with Crippen molar-refractivity contribution in [1.82, 2.24) is 0 Å². The first kappa shape index (κ1) is 12.0. The number of primary amides is 1. The van der Waals surface area contributed by atoms with E-state index in [2.05, 4.69) is 11.8 Å². The van der Waals surface area contributed by atoms with E-state index in [1.807, 2.05) is 0 Å². The fourth-order valence-corrected chi connectivity index (χ4v) is 2.70. The Hall–Kier alpha value is -1.42. The third-order valence-corrected chi connectivity index (χ3v) is 3.48. The molecule has 0 spiro atoms. The van der Waals surface area contributed by atoms with E-state index in [1.165, 1.54) is 0 Å². The number of nitrogen functional groups attached to an aromatic ring is 1. The average molecular weight is 254 g/mol. The molecule has 1 aliphatic heterocycles. The summed E-state index contributed by atoms with van der Waals surface area (Å²) in [6, 6.07) is 3.62. The van der Waals surface area contributed by atoms with Gasteiger partial charge < -0.3 is 16.4 Å². The molecule has 1 unspecified atom stereocenters. The van der Waals surface area contributed by atoms with Crippen LogP contribution in [0.2, 0.25) is 5.02 Å². The topological polar surface area (TPSA) is 72.3 Å². The zero-order chi connectivity index (χ0) is 12.6. The lowest BCUT2D eigenvalue weighted by Gasteiger charge is -2.27. The number of nitrogens with zero attached hydrogens (tertiary/aromatic N) is 1.